The number of aliphatic carboxylic acids is 2. The molecule has 1 aromatic carbocycles. The molecule has 1 aromatic rings. The molecule has 0 radical (unpaired) electrons. The van der Waals surface area contributed by atoms with E-state index in [9.17, 15) is 24.6 Å². The summed E-state index contributed by atoms with van der Waals surface area (Å²) in [4.78, 5) is 39.8. The molecule has 1 fully saturated rings. The summed E-state index contributed by atoms with van der Waals surface area (Å²) in [6.07, 6.45) is -0.111. The van der Waals surface area contributed by atoms with Gasteiger partial charge < -0.3 is 20.0 Å². The van der Waals surface area contributed by atoms with E-state index in [0.717, 1.165) is 0 Å². The van der Waals surface area contributed by atoms with Crippen LogP contribution in [0.1, 0.15) is 45.7 Å². The zero-order chi connectivity index (χ0) is 19.6. The number of carbonyl (C=O) groups is 3. The van der Waals surface area contributed by atoms with Crippen molar-refractivity contribution in [1.29, 1.82) is 0 Å². The molecule has 2 N–H and O–H groups in total. The van der Waals surface area contributed by atoms with Gasteiger partial charge in [-0.25, -0.2) is 9.59 Å². The van der Waals surface area contributed by atoms with Crippen LogP contribution in [0.25, 0.3) is 0 Å². The minimum atomic E-state index is -1.18. The number of carboxylic acid groups (broad SMARTS) is 2. The number of likely N-dealkylation sites (tertiary alicyclic amines) is 1. The number of rotatable bonds is 5. The van der Waals surface area contributed by atoms with Crippen molar-refractivity contribution in [3.8, 4) is 0 Å². The van der Waals surface area contributed by atoms with Crippen LogP contribution < -0.4 is 0 Å². The molecule has 7 nitrogen and oxygen atoms in total. The van der Waals surface area contributed by atoms with Crippen LogP contribution in [-0.4, -0.2) is 56.1 Å². The van der Waals surface area contributed by atoms with Crippen molar-refractivity contribution in [3.05, 3.63) is 35.9 Å². The van der Waals surface area contributed by atoms with E-state index in [4.69, 9.17) is 0 Å². The molecule has 3 unspecified atom stereocenters. The number of hydrogen-bond donors (Lipinski definition) is 2. The van der Waals surface area contributed by atoms with Crippen molar-refractivity contribution in [2.45, 2.75) is 58.3 Å². The standard InChI is InChI=1S/C19H26N2O5/c1-11(2)20(12(3)4)19(26)21-15(18(24)25)10-14(17(22)23)16(21)13-8-6-5-7-9-13/h5-9,11-12,14-16H,10H2,1-4H3,(H,22,23)(H,24,25). The van der Waals surface area contributed by atoms with Crippen LogP contribution in [0.5, 0.6) is 0 Å². The number of nitrogens with zero attached hydrogens (tertiary/aromatic N) is 2. The topological polar surface area (TPSA) is 98.2 Å². The van der Waals surface area contributed by atoms with Crippen LogP contribution in [0, 0.1) is 5.92 Å². The van der Waals surface area contributed by atoms with Crippen molar-refractivity contribution < 1.29 is 24.6 Å². The highest BCUT2D eigenvalue weighted by molar-refractivity contribution is 5.87. The van der Waals surface area contributed by atoms with E-state index in [2.05, 4.69) is 0 Å². The van der Waals surface area contributed by atoms with E-state index in [1.54, 1.807) is 35.2 Å². The lowest BCUT2D eigenvalue weighted by Gasteiger charge is -2.39. The van der Waals surface area contributed by atoms with Gasteiger partial charge in [0.05, 0.1) is 12.0 Å². The molecule has 0 aromatic heterocycles. The third-order valence-electron chi connectivity index (χ3n) is 4.79. The SMILES string of the molecule is CC(C)N(C(=O)N1C(C(=O)O)CC(C(=O)O)C1c1ccccc1)C(C)C. The molecule has 1 saturated heterocycles. The minimum absolute atomic E-state index is 0.111. The molecule has 2 rings (SSSR count). The summed E-state index contributed by atoms with van der Waals surface area (Å²) in [6, 6.07) is 6.07. The van der Waals surface area contributed by atoms with E-state index >= 15 is 0 Å². The Morgan fingerprint density at radius 2 is 1.54 bits per heavy atom. The maximum Gasteiger partial charge on any atom is 0.326 e. The summed E-state index contributed by atoms with van der Waals surface area (Å²) in [7, 11) is 0. The van der Waals surface area contributed by atoms with Gasteiger partial charge in [-0.3, -0.25) is 4.79 Å². The Labute approximate surface area is 153 Å². The monoisotopic (exact) mass is 362 g/mol. The first-order valence-corrected chi connectivity index (χ1v) is 8.78. The van der Waals surface area contributed by atoms with Gasteiger partial charge in [0.2, 0.25) is 0 Å². The summed E-state index contributed by atoms with van der Waals surface area (Å²) in [6.45, 7) is 7.43. The predicted octanol–water partition coefficient (Wildman–Crippen LogP) is 2.83. The zero-order valence-corrected chi connectivity index (χ0v) is 15.5. The van der Waals surface area contributed by atoms with Crippen molar-refractivity contribution in [2.24, 2.45) is 5.92 Å². The molecule has 0 bridgehead atoms. The van der Waals surface area contributed by atoms with Crippen molar-refractivity contribution in [1.82, 2.24) is 9.80 Å². The fraction of sp³-hybridized carbons (Fsp3) is 0.526. The van der Waals surface area contributed by atoms with Gasteiger partial charge in [0.25, 0.3) is 0 Å². The van der Waals surface area contributed by atoms with E-state index in [0.29, 0.717) is 5.56 Å². The molecule has 1 heterocycles. The molecule has 1 aliphatic rings. The van der Waals surface area contributed by atoms with E-state index < -0.39 is 36.0 Å². The molecule has 7 heteroatoms. The minimum Gasteiger partial charge on any atom is -0.481 e. The Hall–Kier alpha value is -2.57. The maximum absolute atomic E-state index is 13.3. The highest BCUT2D eigenvalue weighted by atomic mass is 16.4. The lowest BCUT2D eigenvalue weighted by molar-refractivity contribution is -0.142. The molecule has 0 saturated carbocycles. The maximum atomic E-state index is 13.3. The summed E-state index contributed by atoms with van der Waals surface area (Å²) >= 11 is 0. The lowest BCUT2D eigenvalue weighted by Crippen LogP contribution is -2.53. The first kappa shape index (κ1) is 19.8. The van der Waals surface area contributed by atoms with Crippen LogP contribution in [0.3, 0.4) is 0 Å². The molecule has 0 spiro atoms. The number of carbonyl (C=O) groups excluding carboxylic acids is 1. The summed E-state index contributed by atoms with van der Waals surface area (Å²) in [5.74, 6) is -3.25. The summed E-state index contributed by atoms with van der Waals surface area (Å²) < 4.78 is 0. The molecular weight excluding hydrogens is 336 g/mol. The molecule has 3 atom stereocenters. The third kappa shape index (κ3) is 3.66. The second-order valence-electron chi connectivity index (χ2n) is 7.17. The largest absolute Gasteiger partial charge is 0.481 e. The number of benzene rings is 1. The highest BCUT2D eigenvalue weighted by Gasteiger charge is 2.52. The Bertz CT molecular complexity index is 666. The molecule has 1 aliphatic heterocycles. The quantitative estimate of drug-likeness (QED) is 0.839. The van der Waals surface area contributed by atoms with Gasteiger partial charge in [-0.2, -0.15) is 0 Å². The van der Waals surface area contributed by atoms with E-state index in [1.807, 2.05) is 27.7 Å². The van der Waals surface area contributed by atoms with Gasteiger partial charge in [-0.15, -0.1) is 0 Å². The third-order valence-corrected chi connectivity index (χ3v) is 4.79. The number of urea groups is 1. The normalized spacial score (nSPS) is 22.7. The van der Waals surface area contributed by atoms with Crippen LogP contribution in [0.15, 0.2) is 30.3 Å². The first-order valence-electron chi connectivity index (χ1n) is 8.78. The van der Waals surface area contributed by atoms with Gasteiger partial charge in [-0.1, -0.05) is 30.3 Å². The molecule has 0 aliphatic carbocycles. The number of carboxylic acids is 2. The lowest BCUT2D eigenvalue weighted by atomic mass is 9.93. The fourth-order valence-electron chi connectivity index (χ4n) is 3.79. The number of hydrogen-bond acceptors (Lipinski definition) is 3. The Morgan fingerprint density at radius 3 is 1.96 bits per heavy atom. The van der Waals surface area contributed by atoms with Crippen molar-refractivity contribution >= 4 is 18.0 Å². The highest BCUT2D eigenvalue weighted by Crippen LogP contribution is 2.42. The van der Waals surface area contributed by atoms with Gasteiger partial charge >= 0.3 is 18.0 Å². The van der Waals surface area contributed by atoms with Crippen molar-refractivity contribution in [3.63, 3.8) is 0 Å². The van der Waals surface area contributed by atoms with Crippen molar-refractivity contribution in [2.75, 3.05) is 0 Å². The van der Waals surface area contributed by atoms with Gasteiger partial charge in [0, 0.05) is 12.1 Å². The van der Waals surface area contributed by atoms with Crippen LogP contribution in [0.4, 0.5) is 4.79 Å². The average Bonchev–Trinajstić information content (AvgIpc) is 2.95. The van der Waals surface area contributed by atoms with Gasteiger partial charge in [0.1, 0.15) is 6.04 Å². The van der Waals surface area contributed by atoms with E-state index in [-0.39, 0.29) is 18.5 Å². The van der Waals surface area contributed by atoms with Gasteiger partial charge in [-0.05, 0) is 39.7 Å². The fourth-order valence-corrected chi connectivity index (χ4v) is 3.79. The molecule has 26 heavy (non-hydrogen) atoms. The molecule has 2 amide bonds. The van der Waals surface area contributed by atoms with Gasteiger partial charge in [0.15, 0.2) is 0 Å². The summed E-state index contributed by atoms with van der Waals surface area (Å²) in [5.41, 5.74) is 0.629. The van der Waals surface area contributed by atoms with Crippen LogP contribution in [-0.2, 0) is 9.59 Å². The first-order chi connectivity index (χ1) is 12.2. The number of amides is 2. The Kier molecular flexibility index (Phi) is 5.90. The molecule has 142 valence electrons. The second-order valence-corrected chi connectivity index (χ2v) is 7.17. The second kappa shape index (κ2) is 7.76. The Balaban J connectivity index is 2.56. The predicted molar refractivity (Wildman–Crippen MR) is 95.7 cm³/mol. The smallest absolute Gasteiger partial charge is 0.326 e. The van der Waals surface area contributed by atoms with Crippen LogP contribution >= 0.6 is 0 Å². The Morgan fingerprint density at radius 1 is 1.00 bits per heavy atom. The van der Waals surface area contributed by atoms with Crippen LogP contribution in [0.2, 0.25) is 0 Å². The average molecular weight is 362 g/mol. The molecular formula is C19H26N2O5. The van der Waals surface area contributed by atoms with E-state index in [1.165, 1.54) is 4.90 Å². The summed E-state index contributed by atoms with van der Waals surface area (Å²) in [5, 5.41) is 19.3. The zero-order valence-electron chi connectivity index (χ0n) is 15.5.